The molecule has 0 aromatic carbocycles. The molecule has 2 N–H and O–H groups in total. The van der Waals surface area contributed by atoms with E-state index in [0.717, 1.165) is 6.26 Å². The van der Waals surface area contributed by atoms with Crippen molar-refractivity contribution in [3.8, 4) is 0 Å². The van der Waals surface area contributed by atoms with Gasteiger partial charge in [-0.1, -0.05) is 0 Å². The first-order valence-corrected chi connectivity index (χ1v) is 1.98. The molecule has 0 aromatic rings. The van der Waals surface area contributed by atoms with Crippen LogP contribution in [0.25, 0.3) is 0 Å². The van der Waals surface area contributed by atoms with Crippen molar-refractivity contribution in [3.05, 3.63) is 12.3 Å². The Morgan fingerprint density at radius 2 is 2.29 bits per heavy atom. The third-order valence-electron chi connectivity index (χ3n) is 0.453. The molecule has 0 amide bonds. The molecule has 0 aliphatic carbocycles. The monoisotopic (exact) mass is 104 g/mol. The molecule has 0 spiro atoms. The lowest BCUT2D eigenvalue weighted by Crippen LogP contribution is -1.75. The lowest BCUT2D eigenvalue weighted by atomic mass is 10.5. The third-order valence-corrected chi connectivity index (χ3v) is 0.453. The third kappa shape index (κ3) is 5.46. The maximum Gasteiger partial charge on any atom is 0.125 e. The van der Waals surface area contributed by atoms with Gasteiger partial charge >= 0.3 is 0 Å². The van der Waals surface area contributed by atoms with Gasteiger partial charge in [0, 0.05) is 6.61 Å². The van der Waals surface area contributed by atoms with Crippen LogP contribution in [0.4, 0.5) is 0 Å². The van der Waals surface area contributed by atoms with Gasteiger partial charge in [-0.3, -0.25) is 0 Å². The smallest absolute Gasteiger partial charge is 0.125 e. The molecular weight excluding hydrogens is 96.0 g/mol. The molecule has 0 fully saturated rings. The van der Waals surface area contributed by atoms with Crippen LogP contribution >= 0.6 is 0 Å². The van der Waals surface area contributed by atoms with Crippen LogP contribution in [0.2, 0.25) is 0 Å². The highest BCUT2D eigenvalue weighted by Crippen LogP contribution is 1.77. The van der Waals surface area contributed by atoms with Gasteiger partial charge < -0.3 is 9.99 Å². The molecule has 0 unspecified atom stereocenters. The second-order valence-electron chi connectivity index (χ2n) is 0.989. The van der Waals surface area contributed by atoms with Crippen molar-refractivity contribution in [2.45, 2.75) is 6.42 Å². The summed E-state index contributed by atoms with van der Waals surface area (Å²) in [6.45, 7) is 0.0832. The summed E-state index contributed by atoms with van der Waals surface area (Å²) in [6, 6.07) is 0. The van der Waals surface area contributed by atoms with Gasteiger partial charge in [-0.05, 0) is 12.5 Å². The molecule has 7 heavy (non-hydrogen) atoms. The van der Waals surface area contributed by atoms with E-state index in [-0.39, 0.29) is 6.61 Å². The maximum absolute atomic E-state index is 8.10. The summed E-state index contributed by atoms with van der Waals surface area (Å²) in [5.74, 6) is 0. The summed E-state index contributed by atoms with van der Waals surface area (Å²) in [5.41, 5.74) is 0. The molecule has 3 heteroatoms. The highest BCUT2D eigenvalue weighted by atomic mass is 17.1. The zero-order valence-electron chi connectivity index (χ0n) is 3.87. The van der Waals surface area contributed by atoms with Gasteiger partial charge in [0.05, 0.1) is 0 Å². The number of hydrogen-bond donors (Lipinski definition) is 2. The van der Waals surface area contributed by atoms with E-state index in [4.69, 9.17) is 10.4 Å². The summed E-state index contributed by atoms with van der Waals surface area (Å²) in [5, 5.41) is 15.7. The molecule has 3 nitrogen and oxygen atoms in total. The largest absolute Gasteiger partial charge is 0.396 e. The Hall–Kier alpha value is -0.540. The number of rotatable bonds is 3. The van der Waals surface area contributed by atoms with E-state index in [9.17, 15) is 0 Å². The first-order chi connectivity index (χ1) is 3.41. The highest BCUT2D eigenvalue weighted by Gasteiger charge is 1.70. The Morgan fingerprint density at radius 1 is 1.57 bits per heavy atom. The molecule has 0 saturated carbocycles. The molecule has 0 bridgehead atoms. The molecule has 0 atom stereocenters. The van der Waals surface area contributed by atoms with Gasteiger partial charge in [0.2, 0.25) is 0 Å². The van der Waals surface area contributed by atoms with Crippen molar-refractivity contribution in [2.75, 3.05) is 6.61 Å². The molecule has 0 aliphatic rings. The zero-order valence-corrected chi connectivity index (χ0v) is 3.87. The molecule has 0 rings (SSSR count). The quantitative estimate of drug-likeness (QED) is 0.309. The fourth-order valence-corrected chi connectivity index (χ4v) is 0.186. The summed E-state index contributed by atoms with van der Waals surface area (Å²) in [4.78, 5) is 3.55. The minimum absolute atomic E-state index is 0.0832. The number of aliphatic hydroxyl groups is 1. The van der Waals surface area contributed by atoms with Gasteiger partial charge in [-0.2, -0.15) is 0 Å². The molecule has 42 valence electrons. The molecular formula is C4H8O3. The van der Waals surface area contributed by atoms with E-state index >= 15 is 0 Å². The molecule has 0 heterocycles. The zero-order chi connectivity index (χ0) is 5.54. The van der Waals surface area contributed by atoms with Crippen molar-refractivity contribution in [2.24, 2.45) is 0 Å². The van der Waals surface area contributed by atoms with E-state index in [1.807, 2.05) is 0 Å². The Balaban J connectivity index is 2.78. The van der Waals surface area contributed by atoms with E-state index in [1.165, 1.54) is 6.08 Å². The normalized spacial score (nSPS) is 10.0. The van der Waals surface area contributed by atoms with Crippen molar-refractivity contribution >= 4 is 0 Å². The SMILES string of the molecule is OCCC=COO. The molecule has 0 saturated heterocycles. The minimum Gasteiger partial charge on any atom is -0.396 e. The van der Waals surface area contributed by atoms with Crippen LogP contribution in [0.5, 0.6) is 0 Å². The van der Waals surface area contributed by atoms with Crippen molar-refractivity contribution < 1.29 is 15.3 Å². The Labute approximate surface area is 41.8 Å². The van der Waals surface area contributed by atoms with E-state index in [2.05, 4.69) is 4.89 Å². The summed E-state index contributed by atoms with van der Waals surface area (Å²) in [7, 11) is 0. The summed E-state index contributed by atoms with van der Waals surface area (Å²) < 4.78 is 0. The first kappa shape index (κ1) is 6.46. The van der Waals surface area contributed by atoms with E-state index < -0.39 is 0 Å². The van der Waals surface area contributed by atoms with E-state index in [1.54, 1.807) is 0 Å². The van der Waals surface area contributed by atoms with Crippen LogP contribution in [0, 0.1) is 0 Å². The van der Waals surface area contributed by atoms with Gasteiger partial charge in [-0.25, -0.2) is 5.26 Å². The first-order valence-electron chi connectivity index (χ1n) is 1.98. The molecule has 0 radical (unpaired) electrons. The summed E-state index contributed by atoms with van der Waals surface area (Å²) in [6.07, 6.45) is 3.14. The van der Waals surface area contributed by atoms with Crippen molar-refractivity contribution in [1.82, 2.24) is 0 Å². The minimum atomic E-state index is 0.0832. The summed E-state index contributed by atoms with van der Waals surface area (Å²) >= 11 is 0. The van der Waals surface area contributed by atoms with Gasteiger partial charge in [0.1, 0.15) is 6.26 Å². The van der Waals surface area contributed by atoms with Gasteiger partial charge in [0.15, 0.2) is 0 Å². The number of aliphatic hydroxyl groups excluding tert-OH is 1. The lowest BCUT2D eigenvalue weighted by Gasteiger charge is -1.81. The average molecular weight is 104 g/mol. The second kappa shape index (κ2) is 5.46. The predicted molar refractivity (Wildman–Crippen MR) is 24.6 cm³/mol. The standard InChI is InChI=1S/C4H8O3/c5-3-1-2-4-7-6/h2,4-6H,1,3H2. The Bertz CT molecular complexity index is 50.9. The fraction of sp³-hybridized carbons (Fsp3) is 0.500. The van der Waals surface area contributed by atoms with Crippen molar-refractivity contribution in [1.29, 1.82) is 0 Å². The van der Waals surface area contributed by atoms with Crippen LogP contribution < -0.4 is 0 Å². The predicted octanol–water partition coefficient (Wildman–Crippen LogP) is 0.372. The van der Waals surface area contributed by atoms with Crippen LogP contribution in [-0.4, -0.2) is 17.0 Å². The van der Waals surface area contributed by atoms with Crippen molar-refractivity contribution in [3.63, 3.8) is 0 Å². The maximum atomic E-state index is 8.10. The van der Waals surface area contributed by atoms with Crippen LogP contribution in [-0.2, 0) is 4.89 Å². The van der Waals surface area contributed by atoms with Gasteiger partial charge in [0.25, 0.3) is 0 Å². The van der Waals surface area contributed by atoms with Crippen LogP contribution in [0.15, 0.2) is 12.3 Å². The second-order valence-corrected chi connectivity index (χ2v) is 0.989. The van der Waals surface area contributed by atoms with Crippen LogP contribution in [0.1, 0.15) is 6.42 Å². The van der Waals surface area contributed by atoms with Gasteiger partial charge in [-0.15, -0.1) is 0 Å². The van der Waals surface area contributed by atoms with E-state index in [0.29, 0.717) is 6.42 Å². The highest BCUT2D eigenvalue weighted by molar-refractivity contribution is 4.70. The average Bonchev–Trinajstić information content (AvgIpc) is 1.69. The number of hydrogen-bond acceptors (Lipinski definition) is 3. The topological polar surface area (TPSA) is 49.7 Å². The Morgan fingerprint density at radius 3 is 2.71 bits per heavy atom. The molecule has 0 aromatic heterocycles. The van der Waals surface area contributed by atoms with Crippen LogP contribution in [0.3, 0.4) is 0 Å². The fourth-order valence-electron chi connectivity index (χ4n) is 0.186. The lowest BCUT2D eigenvalue weighted by molar-refractivity contribution is -0.186. The molecule has 0 aliphatic heterocycles. The Kier molecular flexibility index (Phi) is 5.04.